The monoisotopic (exact) mass is 254 g/mol. The lowest BCUT2D eigenvalue weighted by atomic mass is 10.2. The van der Waals surface area contributed by atoms with Gasteiger partial charge in [-0.2, -0.15) is 0 Å². The molecule has 0 aliphatic carbocycles. The number of hydrogen-bond acceptors (Lipinski definition) is 4. The van der Waals surface area contributed by atoms with Crippen LogP contribution in [0.4, 0.5) is 4.79 Å². The van der Waals surface area contributed by atoms with Gasteiger partial charge in [-0.1, -0.05) is 6.07 Å². The van der Waals surface area contributed by atoms with Gasteiger partial charge >= 0.3 is 12.0 Å². The Morgan fingerprint density at radius 1 is 1.35 bits per heavy atom. The van der Waals surface area contributed by atoms with Crippen LogP contribution in [0, 0.1) is 0 Å². The molecule has 0 aliphatic rings. The number of nitrogens with two attached hydrogens (primary N) is 1. The number of urea groups is 1. The number of imide groups is 1. The van der Waals surface area contributed by atoms with Gasteiger partial charge < -0.3 is 10.8 Å². The zero-order valence-electron chi connectivity index (χ0n) is 8.67. The Kier molecular flexibility index (Phi) is 4.53. The standard InChI is InChI=1S/C10H10N2O4S/c11-10(16)12-8(13)5-17-7-3-1-2-6(4-7)9(14)15/h1-4H,5H2,(H,14,15)(H3,11,12,13,16). The Morgan fingerprint density at radius 2 is 2.06 bits per heavy atom. The zero-order chi connectivity index (χ0) is 12.8. The summed E-state index contributed by atoms with van der Waals surface area (Å²) in [5, 5.41) is 10.7. The van der Waals surface area contributed by atoms with E-state index in [0.29, 0.717) is 4.90 Å². The number of benzene rings is 1. The molecule has 0 fully saturated rings. The van der Waals surface area contributed by atoms with Crippen LogP contribution in [0.5, 0.6) is 0 Å². The van der Waals surface area contributed by atoms with E-state index in [1.165, 1.54) is 12.1 Å². The van der Waals surface area contributed by atoms with Crippen molar-refractivity contribution >= 4 is 29.7 Å². The molecule has 1 rings (SSSR count). The third kappa shape index (κ3) is 4.56. The summed E-state index contributed by atoms with van der Waals surface area (Å²) in [5.41, 5.74) is 4.91. The van der Waals surface area contributed by atoms with Crippen LogP contribution in [0.2, 0.25) is 0 Å². The summed E-state index contributed by atoms with van der Waals surface area (Å²) in [5.74, 6) is -1.57. The molecule has 4 N–H and O–H groups in total. The second-order valence-corrected chi connectivity index (χ2v) is 4.08. The van der Waals surface area contributed by atoms with E-state index in [4.69, 9.17) is 10.8 Å². The summed E-state index contributed by atoms with van der Waals surface area (Å²) in [6.07, 6.45) is 0. The van der Waals surface area contributed by atoms with Crippen LogP contribution < -0.4 is 11.1 Å². The van der Waals surface area contributed by atoms with E-state index in [2.05, 4.69) is 0 Å². The summed E-state index contributed by atoms with van der Waals surface area (Å²) >= 11 is 1.12. The lowest BCUT2D eigenvalue weighted by molar-refractivity contribution is -0.117. The molecule has 0 atom stereocenters. The highest BCUT2D eigenvalue weighted by atomic mass is 32.2. The minimum absolute atomic E-state index is 0.00792. The first-order chi connectivity index (χ1) is 7.99. The van der Waals surface area contributed by atoms with Gasteiger partial charge in [0.2, 0.25) is 5.91 Å². The van der Waals surface area contributed by atoms with Crippen LogP contribution in [0.3, 0.4) is 0 Å². The molecule has 7 heteroatoms. The summed E-state index contributed by atoms with van der Waals surface area (Å²) in [6.45, 7) is 0. The Bertz CT molecular complexity index is 461. The maximum atomic E-state index is 11.1. The predicted octanol–water partition coefficient (Wildman–Crippen LogP) is 0.672. The number of rotatable bonds is 4. The highest BCUT2D eigenvalue weighted by Crippen LogP contribution is 2.18. The second-order valence-electron chi connectivity index (χ2n) is 3.03. The van der Waals surface area contributed by atoms with Gasteiger partial charge in [-0.25, -0.2) is 9.59 Å². The molecule has 0 bridgehead atoms. The highest BCUT2D eigenvalue weighted by molar-refractivity contribution is 8.00. The van der Waals surface area contributed by atoms with Crippen LogP contribution >= 0.6 is 11.8 Å². The van der Waals surface area contributed by atoms with Crippen molar-refractivity contribution in [2.45, 2.75) is 4.90 Å². The second kappa shape index (κ2) is 5.90. The first kappa shape index (κ1) is 13.0. The number of nitrogens with one attached hydrogen (secondary N) is 1. The van der Waals surface area contributed by atoms with Crippen molar-refractivity contribution in [1.82, 2.24) is 5.32 Å². The first-order valence-electron chi connectivity index (χ1n) is 4.54. The van der Waals surface area contributed by atoms with Crippen molar-refractivity contribution in [3.8, 4) is 0 Å². The Hall–Kier alpha value is -2.02. The first-order valence-corrected chi connectivity index (χ1v) is 5.53. The number of carbonyl (C=O) groups is 3. The van der Waals surface area contributed by atoms with Crippen LogP contribution in [-0.4, -0.2) is 28.8 Å². The largest absolute Gasteiger partial charge is 0.478 e. The summed E-state index contributed by atoms with van der Waals surface area (Å²) in [4.78, 5) is 32.8. The van der Waals surface area contributed by atoms with E-state index >= 15 is 0 Å². The van der Waals surface area contributed by atoms with Crippen LogP contribution in [0.25, 0.3) is 0 Å². The molecule has 0 saturated heterocycles. The highest BCUT2D eigenvalue weighted by Gasteiger charge is 2.07. The molecule has 3 amide bonds. The number of carboxylic acid groups (broad SMARTS) is 1. The Balaban J connectivity index is 2.57. The van der Waals surface area contributed by atoms with Crippen LogP contribution in [0.1, 0.15) is 10.4 Å². The van der Waals surface area contributed by atoms with Gasteiger partial charge in [0.1, 0.15) is 0 Å². The van der Waals surface area contributed by atoms with E-state index in [1.54, 1.807) is 12.1 Å². The van der Waals surface area contributed by atoms with E-state index in [-0.39, 0.29) is 11.3 Å². The van der Waals surface area contributed by atoms with Crippen molar-refractivity contribution in [3.05, 3.63) is 29.8 Å². The summed E-state index contributed by atoms with van der Waals surface area (Å²) < 4.78 is 0. The van der Waals surface area contributed by atoms with E-state index < -0.39 is 17.9 Å². The fourth-order valence-electron chi connectivity index (χ4n) is 1.04. The maximum absolute atomic E-state index is 11.1. The van der Waals surface area contributed by atoms with E-state index in [9.17, 15) is 14.4 Å². The molecule has 0 aromatic heterocycles. The fourth-order valence-corrected chi connectivity index (χ4v) is 1.80. The number of carboxylic acids is 1. The van der Waals surface area contributed by atoms with Gasteiger partial charge in [-0.3, -0.25) is 10.1 Å². The van der Waals surface area contributed by atoms with Gasteiger partial charge in [0, 0.05) is 4.90 Å². The fraction of sp³-hybridized carbons (Fsp3) is 0.100. The SMILES string of the molecule is NC(=O)NC(=O)CSc1cccc(C(=O)O)c1. The third-order valence-electron chi connectivity index (χ3n) is 1.71. The average Bonchev–Trinajstić information content (AvgIpc) is 2.26. The molecule has 0 heterocycles. The molecule has 0 aliphatic heterocycles. The average molecular weight is 254 g/mol. The number of thioether (sulfide) groups is 1. The smallest absolute Gasteiger partial charge is 0.335 e. The molecular weight excluding hydrogens is 244 g/mol. The molecule has 17 heavy (non-hydrogen) atoms. The minimum atomic E-state index is -1.03. The molecule has 0 unspecified atom stereocenters. The van der Waals surface area contributed by atoms with Gasteiger partial charge in [0.25, 0.3) is 0 Å². The summed E-state index contributed by atoms with van der Waals surface area (Å²) in [6, 6.07) is 5.25. The number of hydrogen-bond donors (Lipinski definition) is 3. The van der Waals surface area contributed by atoms with E-state index in [0.717, 1.165) is 11.8 Å². The van der Waals surface area contributed by atoms with E-state index in [1.807, 2.05) is 5.32 Å². The van der Waals surface area contributed by atoms with Crippen molar-refractivity contribution in [3.63, 3.8) is 0 Å². The van der Waals surface area contributed by atoms with Gasteiger partial charge in [-0.05, 0) is 18.2 Å². The molecule has 0 spiro atoms. The molecular formula is C10H10N2O4S. The lowest BCUT2D eigenvalue weighted by Gasteiger charge is -2.02. The minimum Gasteiger partial charge on any atom is -0.478 e. The van der Waals surface area contributed by atoms with Crippen molar-refractivity contribution < 1.29 is 19.5 Å². The predicted molar refractivity (Wildman–Crippen MR) is 61.9 cm³/mol. The van der Waals surface area contributed by atoms with Gasteiger partial charge in [0.15, 0.2) is 0 Å². The molecule has 1 aromatic rings. The topological polar surface area (TPSA) is 109 Å². The molecule has 0 radical (unpaired) electrons. The molecule has 90 valence electrons. The van der Waals surface area contributed by atoms with Crippen LogP contribution in [-0.2, 0) is 4.79 Å². The number of aromatic carboxylic acids is 1. The van der Waals surface area contributed by atoms with Crippen LogP contribution in [0.15, 0.2) is 29.2 Å². The van der Waals surface area contributed by atoms with Crippen molar-refractivity contribution in [1.29, 1.82) is 0 Å². The Morgan fingerprint density at radius 3 is 2.65 bits per heavy atom. The van der Waals surface area contributed by atoms with Crippen molar-refractivity contribution in [2.75, 3.05) is 5.75 Å². The molecule has 6 nitrogen and oxygen atoms in total. The lowest BCUT2D eigenvalue weighted by Crippen LogP contribution is -2.36. The quantitative estimate of drug-likeness (QED) is 0.684. The number of primary amides is 1. The third-order valence-corrected chi connectivity index (χ3v) is 2.71. The molecule has 0 saturated carbocycles. The maximum Gasteiger partial charge on any atom is 0.335 e. The zero-order valence-corrected chi connectivity index (χ0v) is 9.49. The normalized spacial score (nSPS) is 9.65. The van der Waals surface area contributed by atoms with Crippen molar-refractivity contribution in [2.24, 2.45) is 5.73 Å². The Labute approximate surface area is 101 Å². The number of amides is 3. The van der Waals surface area contributed by atoms with Gasteiger partial charge in [0.05, 0.1) is 11.3 Å². The molecule has 1 aromatic carbocycles. The summed E-state index contributed by atoms with van der Waals surface area (Å²) in [7, 11) is 0. The van der Waals surface area contributed by atoms with Gasteiger partial charge in [-0.15, -0.1) is 11.8 Å². The number of carbonyl (C=O) groups excluding carboxylic acids is 2.